The van der Waals surface area contributed by atoms with Crippen LogP contribution >= 0.6 is 0 Å². The van der Waals surface area contributed by atoms with E-state index >= 15 is 0 Å². The SMILES string of the molecule is CC(C)CCCNC(=O)c1ccc(C#N)cc1. The van der Waals surface area contributed by atoms with Gasteiger partial charge in [0.05, 0.1) is 11.6 Å². The zero-order chi connectivity index (χ0) is 12.7. The standard InChI is InChI=1S/C14H18N2O/c1-11(2)4-3-9-16-14(17)13-7-5-12(10-15)6-8-13/h5-8,11H,3-4,9H2,1-2H3,(H,16,17). The van der Waals surface area contributed by atoms with E-state index in [0.717, 1.165) is 12.8 Å². The molecule has 0 aliphatic carbocycles. The summed E-state index contributed by atoms with van der Waals surface area (Å²) in [4.78, 5) is 11.7. The molecule has 17 heavy (non-hydrogen) atoms. The maximum absolute atomic E-state index is 11.7. The lowest BCUT2D eigenvalue weighted by Gasteiger charge is -2.06. The van der Waals surface area contributed by atoms with Crippen LogP contribution in [0.25, 0.3) is 0 Å². The minimum atomic E-state index is -0.0711. The monoisotopic (exact) mass is 230 g/mol. The molecular weight excluding hydrogens is 212 g/mol. The van der Waals surface area contributed by atoms with E-state index in [4.69, 9.17) is 5.26 Å². The number of benzene rings is 1. The van der Waals surface area contributed by atoms with Gasteiger partial charge in [0.1, 0.15) is 0 Å². The Hall–Kier alpha value is -1.82. The van der Waals surface area contributed by atoms with Crippen molar-refractivity contribution in [2.24, 2.45) is 5.92 Å². The zero-order valence-corrected chi connectivity index (χ0v) is 10.4. The van der Waals surface area contributed by atoms with Crippen molar-refractivity contribution >= 4 is 5.91 Å². The average molecular weight is 230 g/mol. The Morgan fingerprint density at radius 1 is 1.35 bits per heavy atom. The van der Waals surface area contributed by atoms with Crippen LogP contribution in [0.5, 0.6) is 0 Å². The van der Waals surface area contributed by atoms with Gasteiger partial charge in [-0.3, -0.25) is 4.79 Å². The maximum atomic E-state index is 11.7. The molecule has 1 N–H and O–H groups in total. The summed E-state index contributed by atoms with van der Waals surface area (Å²) >= 11 is 0. The van der Waals surface area contributed by atoms with Crippen molar-refractivity contribution < 1.29 is 4.79 Å². The molecule has 90 valence electrons. The molecule has 3 nitrogen and oxygen atoms in total. The second kappa shape index (κ2) is 6.70. The lowest BCUT2D eigenvalue weighted by molar-refractivity contribution is 0.0952. The molecule has 0 bridgehead atoms. The first-order valence-corrected chi connectivity index (χ1v) is 5.92. The molecule has 0 atom stereocenters. The van der Waals surface area contributed by atoms with Crippen LogP contribution in [0, 0.1) is 17.2 Å². The molecule has 1 rings (SSSR count). The number of nitriles is 1. The molecule has 0 aliphatic heterocycles. The molecule has 0 saturated carbocycles. The number of carbonyl (C=O) groups excluding carboxylic acids is 1. The fraction of sp³-hybridized carbons (Fsp3) is 0.429. The molecule has 0 radical (unpaired) electrons. The normalized spacial score (nSPS) is 10.0. The summed E-state index contributed by atoms with van der Waals surface area (Å²) in [5.74, 6) is 0.597. The van der Waals surface area contributed by atoms with Gasteiger partial charge < -0.3 is 5.32 Å². The van der Waals surface area contributed by atoms with Crippen LogP contribution in [0.3, 0.4) is 0 Å². The second-order valence-corrected chi connectivity index (χ2v) is 4.48. The Balaban J connectivity index is 2.39. The Bertz CT molecular complexity index is 401. The first-order chi connectivity index (χ1) is 8.13. The van der Waals surface area contributed by atoms with Gasteiger partial charge in [0, 0.05) is 12.1 Å². The van der Waals surface area contributed by atoms with Crippen molar-refractivity contribution in [3.05, 3.63) is 35.4 Å². The van der Waals surface area contributed by atoms with Crippen LogP contribution in [-0.2, 0) is 0 Å². The zero-order valence-electron chi connectivity index (χ0n) is 10.4. The van der Waals surface area contributed by atoms with E-state index in [1.807, 2.05) is 6.07 Å². The van der Waals surface area contributed by atoms with Crippen molar-refractivity contribution in [3.8, 4) is 6.07 Å². The predicted molar refractivity (Wildman–Crippen MR) is 67.6 cm³/mol. The van der Waals surface area contributed by atoms with Crippen LogP contribution in [0.4, 0.5) is 0 Å². The second-order valence-electron chi connectivity index (χ2n) is 4.48. The van der Waals surface area contributed by atoms with Gasteiger partial charge in [0.2, 0.25) is 0 Å². The molecular formula is C14H18N2O. The Morgan fingerprint density at radius 2 is 2.00 bits per heavy atom. The van der Waals surface area contributed by atoms with Gasteiger partial charge in [0.15, 0.2) is 0 Å². The average Bonchev–Trinajstić information content (AvgIpc) is 2.34. The van der Waals surface area contributed by atoms with Gasteiger partial charge in [-0.2, -0.15) is 5.26 Å². The summed E-state index contributed by atoms with van der Waals surface area (Å²) in [6.07, 6.45) is 2.12. The predicted octanol–water partition coefficient (Wildman–Crippen LogP) is 2.72. The van der Waals surface area contributed by atoms with Crippen molar-refractivity contribution in [1.29, 1.82) is 5.26 Å². The highest BCUT2D eigenvalue weighted by molar-refractivity contribution is 5.94. The van der Waals surface area contributed by atoms with Gasteiger partial charge in [-0.25, -0.2) is 0 Å². The number of rotatable bonds is 5. The number of hydrogen-bond donors (Lipinski definition) is 1. The molecule has 1 aromatic carbocycles. The largest absolute Gasteiger partial charge is 0.352 e. The van der Waals surface area contributed by atoms with Gasteiger partial charge in [0.25, 0.3) is 5.91 Å². The first-order valence-electron chi connectivity index (χ1n) is 5.92. The summed E-state index contributed by atoms with van der Waals surface area (Å²) in [7, 11) is 0. The van der Waals surface area contributed by atoms with Crippen molar-refractivity contribution in [1.82, 2.24) is 5.32 Å². The Labute approximate surface area is 102 Å². The van der Waals surface area contributed by atoms with Crippen LogP contribution < -0.4 is 5.32 Å². The molecule has 0 unspecified atom stereocenters. The third-order valence-electron chi connectivity index (χ3n) is 2.52. The van der Waals surface area contributed by atoms with E-state index in [-0.39, 0.29) is 5.91 Å². The molecule has 0 saturated heterocycles. The number of amides is 1. The minimum absolute atomic E-state index is 0.0711. The maximum Gasteiger partial charge on any atom is 0.251 e. The number of hydrogen-bond acceptors (Lipinski definition) is 2. The Morgan fingerprint density at radius 3 is 2.53 bits per heavy atom. The molecule has 0 fully saturated rings. The highest BCUT2D eigenvalue weighted by Crippen LogP contribution is 2.04. The summed E-state index contributed by atoms with van der Waals surface area (Å²) in [5.41, 5.74) is 1.18. The highest BCUT2D eigenvalue weighted by Gasteiger charge is 2.04. The molecule has 3 heteroatoms. The van der Waals surface area contributed by atoms with Crippen LogP contribution in [0.2, 0.25) is 0 Å². The fourth-order valence-corrected chi connectivity index (χ4v) is 1.51. The van der Waals surface area contributed by atoms with Gasteiger partial charge in [-0.15, -0.1) is 0 Å². The van der Waals surface area contributed by atoms with Gasteiger partial charge >= 0.3 is 0 Å². The fourth-order valence-electron chi connectivity index (χ4n) is 1.51. The van der Waals surface area contributed by atoms with E-state index in [1.165, 1.54) is 0 Å². The number of carbonyl (C=O) groups is 1. The Kier molecular flexibility index (Phi) is 5.22. The molecule has 1 amide bonds. The minimum Gasteiger partial charge on any atom is -0.352 e. The van der Waals surface area contributed by atoms with Gasteiger partial charge in [-0.1, -0.05) is 13.8 Å². The molecule has 1 aromatic rings. The van der Waals surface area contributed by atoms with Crippen LogP contribution in [-0.4, -0.2) is 12.5 Å². The summed E-state index contributed by atoms with van der Waals surface area (Å²) < 4.78 is 0. The van der Waals surface area contributed by atoms with Crippen LogP contribution in [0.15, 0.2) is 24.3 Å². The van der Waals surface area contributed by atoms with Gasteiger partial charge in [-0.05, 0) is 43.0 Å². The lowest BCUT2D eigenvalue weighted by Crippen LogP contribution is -2.24. The topological polar surface area (TPSA) is 52.9 Å². The number of nitrogens with one attached hydrogen (secondary N) is 1. The highest BCUT2D eigenvalue weighted by atomic mass is 16.1. The third kappa shape index (κ3) is 4.69. The molecule has 0 spiro atoms. The summed E-state index contributed by atoms with van der Waals surface area (Å²) in [6, 6.07) is 8.69. The first kappa shape index (κ1) is 13.2. The third-order valence-corrected chi connectivity index (χ3v) is 2.52. The quantitative estimate of drug-likeness (QED) is 0.791. The van der Waals surface area contributed by atoms with E-state index in [0.29, 0.717) is 23.6 Å². The lowest BCUT2D eigenvalue weighted by atomic mass is 10.1. The van der Waals surface area contributed by atoms with E-state index in [1.54, 1.807) is 24.3 Å². The van der Waals surface area contributed by atoms with Crippen molar-refractivity contribution in [3.63, 3.8) is 0 Å². The van der Waals surface area contributed by atoms with Crippen LogP contribution in [0.1, 0.15) is 42.6 Å². The summed E-state index contributed by atoms with van der Waals surface area (Å²) in [6.45, 7) is 5.04. The molecule has 0 aliphatic rings. The molecule has 0 heterocycles. The van der Waals surface area contributed by atoms with Crippen molar-refractivity contribution in [2.75, 3.05) is 6.54 Å². The smallest absolute Gasteiger partial charge is 0.251 e. The molecule has 0 aromatic heterocycles. The van der Waals surface area contributed by atoms with E-state index < -0.39 is 0 Å². The summed E-state index contributed by atoms with van der Waals surface area (Å²) in [5, 5.41) is 11.5. The van der Waals surface area contributed by atoms with Crippen molar-refractivity contribution in [2.45, 2.75) is 26.7 Å². The van der Waals surface area contributed by atoms with E-state index in [9.17, 15) is 4.79 Å². The van der Waals surface area contributed by atoms with E-state index in [2.05, 4.69) is 19.2 Å². The number of nitrogens with zero attached hydrogens (tertiary/aromatic N) is 1.